The molecule has 0 aliphatic rings. The highest BCUT2D eigenvalue weighted by molar-refractivity contribution is 7.98. The second-order valence-corrected chi connectivity index (χ2v) is 8.63. The predicted octanol–water partition coefficient (Wildman–Crippen LogP) is -1.28. The van der Waals surface area contributed by atoms with Crippen LogP contribution < -0.4 is 27.4 Å². The third-order valence-electron chi connectivity index (χ3n) is 4.89. The van der Waals surface area contributed by atoms with Gasteiger partial charge in [0.25, 0.3) is 0 Å². The quantitative estimate of drug-likeness (QED) is 0.139. The van der Waals surface area contributed by atoms with Gasteiger partial charge in [-0.05, 0) is 51.2 Å². The number of imidazole rings is 1. The molecule has 1 heterocycles. The van der Waals surface area contributed by atoms with Crippen molar-refractivity contribution in [2.24, 2.45) is 11.5 Å². The molecule has 0 fully saturated rings. The lowest BCUT2D eigenvalue weighted by atomic mass is 10.1. The summed E-state index contributed by atoms with van der Waals surface area (Å²) in [5, 5.41) is 16.9. The third-order valence-corrected chi connectivity index (χ3v) is 5.53. The van der Waals surface area contributed by atoms with Crippen molar-refractivity contribution >= 4 is 35.5 Å². The Morgan fingerprint density at radius 1 is 1.09 bits per heavy atom. The number of thioether (sulfide) groups is 1. The number of carbonyl (C=O) groups is 4. The molecule has 0 bridgehead atoms. The van der Waals surface area contributed by atoms with Crippen LogP contribution in [0.25, 0.3) is 0 Å². The minimum Gasteiger partial charge on any atom is -0.480 e. The van der Waals surface area contributed by atoms with Gasteiger partial charge in [0.05, 0.1) is 12.4 Å². The SMILES string of the molecule is CSCCC(NC(=O)C(C)NC(=O)C(CCCCN)NC(=O)C(N)Cc1cnc[nH]1)C(=O)O. The van der Waals surface area contributed by atoms with E-state index >= 15 is 0 Å². The molecule has 0 saturated heterocycles. The molecule has 1 aromatic heterocycles. The minimum atomic E-state index is -1.14. The Morgan fingerprint density at radius 3 is 2.36 bits per heavy atom. The fourth-order valence-corrected chi connectivity index (χ4v) is 3.41. The van der Waals surface area contributed by atoms with Crippen molar-refractivity contribution in [1.29, 1.82) is 0 Å². The number of carbonyl (C=O) groups excluding carboxylic acids is 3. The summed E-state index contributed by atoms with van der Waals surface area (Å²) in [5.41, 5.74) is 12.2. The Balaban J connectivity index is 2.72. The van der Waals surface area contributed by atoms with E-state index in [1.54, 1.807) is 6.20 Å². The topological polar surface area (TPSA) is 205 Å². The molecule has 0 aliphatic carbocycles. The van der Waals surface area contributed by atoms with Crippen LogP contribution in [0.3, 0.4) is 0 Å². The van der Waals surface area contributed by atoms with Crippen LogP contribution in [0.4, 0.5) is 0 Å². The molecule has 33 heavy (non-hydrogen) atoms. The molecule has 0 aliphatic heterocycles. The van der Waals surface area contributed by atoms with Crippen LogP contribution in [-0.2, 0) is 25.6 Å². The van der Waals surface area contributed by atoms with Crippen LogP contribution in [0.15, 0.2) is 12.5 Å². The normalized spacial score (nSPS) is 14.5. The van der Waals surface area contributed by atoms with Crippen molar-refractivity contribution in [2.75, 3.05) is 18.6 Å². The van der Waals surface area contributed by atoms with Crippen LogP contribution in [0, 0.1) is 0 Å². The lowest BCUT2D eigenvalue weighted by Gasteiger charge is -2.23. The van der Waals surface area contributed by atoms with Crippen LogP contribution in [0.2, 0.25) is 0 Å². The fraction of sp³-hybridized carbons (Fsp3) is 0.650. The van der Waals surface area contributed by atoms with E-state index in [0.29, 0.717) is 37.3 Å². The number of carboxylic acid groups (broad SMARTS) is 1. The number of aromatic nitrogens is 2. The molecule has 186 valence electrons. The molecule has 12 nitrogen and oxygen atoms in total. The number of nitrogens with two attached hydrogens (primary N) is 2. The zero-order chi connectivity index (χ0) is 24.8. The van der Waals surface area contributed by atoms with Gasteiger partial charge >= 0.3 is 5.97 Å². The van der Waals surface area contributed by atoms with Crippen molar-refractivity contribution in [3.8, 4) is 0 Å². The molecule has 0 radical (unpaired) electrons. The minimum absolute atomic E-state index is 0.217. The molecule has 0 spiro atoms. The maximum Gasteiger partial charge on any atom is 0.326 e. The van der Waals surface area contributed by atoms with Gasteiger partial charge in [0.1, 0.15) is 18.1 Å². The predicted molar refractivity (Wildman–Crippen MR) is 125 cm³/mol. The average molecular weight is 486 g/mol. The summed E-state index contributed by atoms with van der Waals surface area (Å²) in [6.07, 6.45) is 6.90. The molecule has 3 amide bonds. The number of unbranched alkanes of at least 4 members (excludes halogenated alkanes) is 1. The number of carboxylic acids is 1. The Morgan fingerprint density at radius 2 is 1.79 bits per heavy atom. The van der Waals surface area contributed by atoms with Gasteiger partial charge in [-0.3, -0.25) is 14.4 Å². The lowest BCUT2D eigenvalue weighted by molar-refractivity contribution is -0.142. The number of hydrogen-bond acceptors (Lipinski definition) is 8. The average Bonchev–Trinajstić information content (AvgIpc) is 3.28. The third kappa shape index (κ3) is 10.7. The van der Waals surface area contributed by atoms with Gasteiger partial charge < -0.3 is 37.5 Å². The lowest BCUT2D eigenvalue weighted by Crippen LogP contribution is -2.56. The van der Waals surface area contributed by atoms with Crippen LogP contribution in [0.1, 0.15) is 38.3 Å². The van der Waals surface area contributed by atoms with E-state index < -0.39 is 47.9 Å². The Bertz CT molecular complexity index is 762. The van der Waals surface area contributed by atoms with E-state index in [2.05, 4.69) is 25.9 Å². The Hall–Kier alpha value is -2.64. The summed E-state index contributed by atoms with van der Waals surface area (Å²) < 4.78 is 0. The molecule has 9 N–H and O–H groups in total. The zero-order valence-electron chi connectivity index (χ0n) is 19.0. The first kappa shape index (κ1) is 28.4. The Kier molecular flexibility index (Phi) is 13.1. The number of aromatic amines is 1. The summed E-state index contributed by atoms with van der Waals surface area (Å²) in [7, 11) is 0. The largest absolute Gasteiger partial charge is 0.480 e. The van der Waals surface area contributed by atoms with Gasteiger partial charge in [-0.2, -0.15) is 11.8 Å². The van der Waals surface area contributed by atoms with Crippen molar-refractivity contribution in [3.63, 3.8) is 0 Å². The molecule has 13 heteroatoms. The first-order valence-corrected chi connectivity index (χ1v) is 12.1. The second-order valence-electron chi connectivity index (χ2n) is 7.64. The van der Waals surface area contributed by atoms with Crippen LogP contribution >= 0.6 is 11.8 Å². The van der Waals surface area contributed by atoms with Crippen molar-refractivity contribution < 1.29 is 24.3 Å². The molecular formula is C20H35N7O5S. The van der Waals surface area contributed by atoms with Crippen molar-refractivity contribution in [2.45, 2.75) is 63.2 Å². The van der Waals surface area contributed by atoms with Gasteiger partial charge in [-0.15, -0.1) is 0 Å². The summed E-state index contributed by atoms with van der Waals surface area (Å²) in [5.74, 6) is -2.29. The molecule has 0 saturated carbocycles. The first-order chi connectivity index (χ1) is 15.7. The van der Waals surface area contributed by atoms with Gasteiger partial charge in [-0.1, -0.05) is 0 Å². The van der Waals surface area contributed by atoms with Crippen molar-refractivity contribution in [1.82, 2.24) is 25.9 Å². The standard InChI is InChI=1S/C20H35N7O5S/c1-12(17(28)27-16(20(31)32)6-8-33-2)25-19(30)15(5-3-4-7-21)26-18(29)14(22)9-13-10-23-11-24-13/h10-12,14-16H,3-9,21-22H2,1-2H3,(H,23,24)(H,25,30)(H,26,29)(H,27,28)(H,31,32). The summed E-state index contributed by atoms with van der Waals surface area (Å²) in [6.45, 7) is 1.89. The monoisotopic (exact) mass is 485 g/mol. The molecular weight excluding hydrogens is 450 g/mol. The molecule has 4 unspecified atom stereocenters. The summed E-state index contributed by atoms with van der Waals surface area (Å²) >= 11 is 1.47. The van der Waals surface area contributed by atoms with E-state index in [9.17, 15) is 24.3 Å². The first-order valence-electron chi connectivity index (χ1n) is 10.7. The number of H-pyrrole nitrogens is 1. The van der Waals surface area contributed by atoms with Crippen LogP contribution in [-0.4, -0.2) is 81.5 Å². The fourth-order valence-electron chi connectivity index (χ4n) is 2.94. The molecule has 4 atom stereocenters. The maximum absolute atomic E-state index is 12.8. The van der Waals surface area contributed by atoms with Crippen LogP contribution in [0.5, 0.6) is 0 Å². The second kappa shape index (κ2) is 15.2. The van der Waals surface area contributed by atoms with E-state index in [1.165, 1.54) is 25.0 Å². The number of nitrogens with zero attached hydrogens (tertiary/aromatic N) is 1. The van der Waals surface area contributed by atoms with Gasteiger partial charge in [-0.25, -0.2) is 9.78 Å². The molecule has 0 aromatic carbocycles. The van der Waals surface area contributed by atoms with Gasteiger partial charge in [0.15, 0.2) is 0 Å². The Labute approximate surface area is 197 Å². The van der Waals surface area contributed by atoms with Crippen molar-refractivity contribution in [3.05, 3.63) is 18.2 Å². The number of aliphatic carboxylic acids is 1. The molecule has 1 rings (SSSR count). The number of rotatable bonds is 16. The highest BCUT2D eigenvalue weighted by atomic mass is 32.2. The zero-order valence-corrected chi connectivity index (χ0v) is 19.8. The number of nitrogens with one attached hydrogen (secondary N) is 4. The summed E-state index contributed by atoms with van der Waals surface area (Å²) in [4.78, 5) is 55.9. The smallest absolute Gasteiger partial charge is 0.326 e. The van der Waals surface area contributed by atoms with E-state index in [4.69, 9.17) is 11.5 Å². The number of hydrogen-bond donors (Lipinski definition) is 7. The van der Waals surface area contributed by atoms with E-state index in [-0.39, 0.29) is 12.8 Å². The highest BCUT2D eigenvalue weighted by Gasteiger charge is 2.28. The van der Waals surface area contributed by atoms with Gasteiger partial charge in [0.2, 0.25) is 17.7 Å². The highest BCUT2D eigenvalue weighted by Crippen LogP contribution is 2.05. The maximum atomic E-state index is 12.8. The van der Waals surface area contributed by atoms with Gasteiger partial charge in [0, 0.05) is 18.3 Å². The number of amides is 3. The van der Waals surface area contributed by atoms with E-state index in [1.807, 2.05) is 6.26 Å². The van der Waals surface area contributed by atoms with E-state index in [0.717, 1.165) is 0 Å². The molecule has 1 aromatic rings. The summed E-state index contributed by atoms with van der Waals surface area (Å²) in [6, 6.07) is -3.87.